The summed E-state index contributed by atoms with van der Waals surface area (Å²) in [5.41, 5.74) is 4.46. The summed E-state index contributed by atoms with van der Waals surface area (Å²) in [5.74, 6) is 0. The maximum absolute atomic E-state index is 12.2. The Bertz CT molecular complexity index is 587. The first-order valence-electron chi connectivity index (χ1n) is 5.34. The summed E-state index contributed by atoms with van der Waals surface area (Å²) in [5, 5.41) is 0.996. The van der Waals surface area contributed by atoms with Crippen molar-refractivity contribution in [2.75, 3.05) is 0 Å². The van der Waals surface area contributed by atoms with Gasteiger partial charge in [0.15, 0.2) is 0 Å². The van der Waals surface area contributed by atoms with Crippen molar-refractivity contribution in [3.05, 3.63) is 60.5 Å². The molecule has 0 saturated heterocycles. The van der Waals surface area contributed by atoms with Crippen LogP contribution in [0, 0.1) is 6.92 Å². The van der Waals surface area contributed by atoms with Crippen molar-refractivity contribution in [3.8, 4) is 11.1 Å². The molecule has 1 nitrogen and oxygen atoms in total. The monoisotopic (exact) mass is 227 g/mol. The van der Waals surface area contributed by atoms with Gasteiger partial charge in [-0.15, -0.1) is 0 Å². The first-order valence-corrected chi connectivity index (χ1v) is 6.95. The van der Waals surface area contributed by atoms with Crippen LogP contribution in [0.5, 0.6) is 0 Å². The summed E-state index contributed by atoms with van der Waals surface area (Å²) in [6.07, 6.45) is 0.692. The molecule has 0 spiro atoms. The number of fused-ring (bicyclic) bond motifs is 3. The van der Waals surface area contributed by atoms with Crippen molar-refractivity contribution in [3.63, 3.8) is 0 Å². The van der Waals surface area contributed by atoms with Gasteiger partial charge in [0.05, 0.1) is 0 Å². The van der Waals surface area contributed by atoms with Gasteiger partial charge >= 0.3 is 0 Å². The zero-order valence-corrected chi connectivity index (χ0v) is 9.86. The minimum atomic E-state index is -1.67. The molecule has 79 valence electrons. The molecule has 1 unspecified atom stereocenters. The molecule has 2 aromatic rings. The normalized spacial score (nSPS) is 17.7. The van der Waals surface area contributed by atoms with Crippen LogP contribution in [0.2, 0.25) is 0 Å². The molecule has 0 aliphatic carbocycles. The Labute approximate surface area is 95.9 Å². The Morgan fingerprint density at radius 3 is 2.75 bits per heavy atom. The molecule has 0 saturated carbocycles. The van der Waals surface area contributed by atoms with Crippen molar-refractivity contribution in [2.45, 2.75) is 6.16 Å². The highest BCUT2D eigenvalue weighted by atomic mass is 31.1. The maximum atomic E-state index is 12.2. The molecule has 16 heavy (non-hydrogen) atoms. The lowest BCUT2D eigenvalue weighted by atomic mass is 9.96. The van der Waals surface area contributed by atoms with E-state index in [0.29, 0.717) is 6.16 Å². The van der Waals surface area contributed by atoms with Gasteiger partial charge < -0.3 is 4.57 Å². The standard InChI is InChI=1S/C14H12OP/c1-10-5-4-8-13-14(10)12-7-3-2-6-11(12)9-16(13)15/h2-8,16H,1,9H2. The predicted octanol–water partition coefficient (Wildman–Crippen LogP) is 3.23. The van der Waals surface area contributed by atoms with Gasteiger partial charge in [0, 0.05) is 11.5 Å². The van der Waals surface area contributed by atoms with Crippen molar-refractivity contribution in [1.29, 1.82) is 0 Å². The van der Waals surface area contributed by atoms with E-state index in [1.165, 1.54) is 11.1 Å². The average molecular weight is 227 g/mol. The second kappa shape index (κ2) is 3.61. The molecule has 0 amide bonds. The number of benzene rings is 2. The maximum Gasteiger partial charge on any atom is 0.109 e. The fourth-order valence-corrected chi connectivity index (χ4v) is 4.04. The molecule has 0 N–H and O–H groups in total. The second-order valence-electron chi connectivity index (χ2n) is 4.10. The summed E-state index contributed by atoms with van der Waals surface area (Å²) in [6, 6.07) is 14.1. The molecule has 2 heteroatoms. The minimum absolute atomic E-state index is 0.692. The highest BCUT2D eigenvalue weighted by molar-refractivity contribution is 7.53. The van der Waals surface area contributed by atoms with Crippen LogP contribution in [0.25, 0.3) is 11.1 Å². The van der Waals surface area contributed by atoms with Crippen LogP contribution in [0.3, 0.4) is 0 Å². The molecule has 0 fully saturated rings. The summed E-state index contributed by atoms with van der Waals surface area (Å²) < 4.78 is 12.2. The van der Waals surface area contributed by atoms with E-state index in [2.05, 4.69) is 19.1 Å². The Kier molecular flexibility index (Phi) is 2.22. The zero-order valence-electron chi connectivity index (χ0n) is 8.86. The minimum Gasteiger partial charge on any atom is -0.322 e. The first kappa shape index (κ1) is 9.86. The van der Waals surface area contributed by atoms with E-state index in [1.807, 2.05) is 30.3 Å². The third-order valence-electron chi connectivity index (χ3n) is 3.09. The molecule has 0 aromatic heterocycles. The summed E-state index contributed by atoms with van der Waals surface area (Å²) in [7, 11) is -1.67. The molecular formula is C14H12OP. The van der Waals surface area contributed by atoms with Gasteiger partial charge in [-0.05, 0) is 29.2 Å². The number of hydrogen-bond acceptors (Lipinski definition) is 1. The largest absolute Gasteiger partial charge is 0.322 e. The topological polar surface area (TPSA) is 17.1 Å². The summed E-state index contributed by atoms with van der Waals surface area (Å²) in [6.45, 7) is 4.04. The van der Waals surface area contributed by atoms with E-state index in [4.69, 9.17) is 0 Å². The van der Waals surface area contributed by atoms with Gasteiger partial charge in [0.1, 0.15) is 7.80 Å². The number of hydrogen-bond donors (Lipinski definition) is 0. The highest BCUT2D eigenvalue weighted by Crippen LogP contribution is 2.41. The van der Waals surface area contributed by atoms with Gasteiger partial charge in [0.25, 0.3) is 0 Å². The molecule has 1 atom stereocenters. The van der Waals surface area contributed by atoms with Crippen LogP contribution in [0.15, 0.2) is 42.5 Å². The van der Waals surface area contributed by atoms with Crippen molar-refractivity contribution in [1.82, 2.24) is 0 Å². The SMILES string of the molecule is [CH2]c1cccc2c1-c1ccccc1C[PH]2=O. The summed E-state index contributed by atoms with van der Waals surface area (Å²) in [4.78, 5) is 0. The van der Waals surface area contributed by atoms with E-state index in [1.54, 1.807) is 0 Å². The van der Waals surface area contributed by atoms with Gasteiger partial charge in [-0.1, -0.05) is 42.5 Å². The smallest absolute Gasteiger partial charge is 0.109 e. The molecule has 2 aromatic carbocycles. The van der Waals surface area contributed by atoms with Gasteiger partial charge in [-0.3, -0.25) is 0 Å². The van der Waals surface area contributed by atoms with Gasteiger partial charge in [-0.2, -0.15) is 0 Å². The average Bonchev–Trinajstić information content (AvgIpc) is 2.30. The quantitative estimate of drug-likeness (QED) is 0.631. The van der Waals surface area contributed by atoms with E-state index in [0.717, 1.165) is 16.4 Å². The van der Waals surface area contributed by atoms with Crippen LogP contribution in [0.1, 0.15) is 11.1 Å². The van der Waals surface area contributed by atoms with Crippen molar-refractivity contribution in [2.24, 2.45) is 0 Å². The third-order valence-corrected chi connectivity index (χ3v) is 4.81. The fraction of sp³-hybridized carbons (Fsp3) is 0.0714. The predicted molar refractivity (Wildman–Crippen MR) is 68.7 cm³/mol. The van der Waals surface area contributed by atoms with E-state index in [9.17, 15) is 4.57 Å². The Hall–Kier alpha value is -1.33. The van der Waals surface area contributed by atoms with Crippen molar-refractivity contribution >= 4 is 13.1 Å². The van der Waals surface area contributed by atoms with Crippen LogP contribution in [-0.2, 0) is 10.7 Å². The van der Waals surface area contributed by atoms with Crippen LogP contribution >= 0.6 is 7.80 Å². The Morgan fingerprint density at radius 2 is 1.88 bits per heavy atom. The molecule has 3 rings (SSSR count). The fourth-order valence-electron chi connectivity index (χ4n) is 2.34. The lowest BCUT2D eigenvalue weighted by Crippen LogP contribution is -2.10. The van der Waals surface area contributed by atoms with E-state index < -0.39 is 7.80 Å². The lowest BCUT2D eigenvalue weighted by Gasteiger charge is -2.21. The first-order chi connectivity index (χ1) is 7.77. The third kappa shape index (κ3) is 1.36. The molecule has 0 bridgehead atoms. The van der Waals surface area contributed by atoms with Gasteiger partial charge in [0.2, 0.25) is 0 Å². The Morgan fingerprint density at radius 1 is 1.06 bits per heavy atom. The molecule has 1 heterocycles. The lowest BCUT2D eigenvalue weighted by molar-refractivity contribution is 0.592. The second-order valence-corrected chi connectivity index (χ2v) is 5.84. The number of rotatable bonds is 0. The van der Waals surface area contributed by atoms with Crippen LogP contribution < -0.4 is 5.30 Å². The molecule has 1 radical (unpaired) electrons. The summed E-state index contributed by atoms with van der Waals surface area (Å²) >= 11 is 0. The van der Waals surface area contributed by atoms with E-state index >= 15 is 0 Å². The van der Waals surface area contributed by atoms with Crippen LogP contribution in [0.4, 0.5) is 0 Å². The molecule has 1 aliphatic heterocycles. The van der Waals surface area contributed by atoms with Gasteiger partial charge in [-0.25, -0.2) is 0 Å². The van der Waals surface area contributed by atoms with E-state index in [-0.39, 0.29) is 0 Å². The highest BCUT2D eigenvalue weighted by Gasteiger charge is 2.21. The zero-order chi connectivity index (χ0) is 11.1. The Balaban J connectivity index is 2.39. The molecular weight excluding hydrogens is 215 g/mol. The van der Waals surface area contributed by atoms with Crippen molar-refractivity contribution < 1.29 is 4.57 Å². The van der Waals surface area contributed by atoms with Crippen LogP contribution in [-0.4, -0.2) is 0 Å². The molecule has 1 aliphatic rings.